The molecule has 2 aliphatic heterocycles. The molecule has 0 radical (unpaired) electrons. The molecule has 6 heteroatoms. The summed E-state index contributed by atoms with van der Waals surface area (Å²) in [7, 11) is 3.56. The van der Waals surface area contributed by atoms with Gasteiger partial charge in [0.25, 0.3) is 5.91 Å². The maximum Gasteiger partial charge on any atom is 0.282 e. The van der Waals surface area contributed by atoms with E-state index in [9.17, 15) is 4.79 Å². The van der Waals surface area contributed by atoms with Gasteiger partial charge in [-0.15, -0.1) is 11.3 Å². The summed E-state index contributed by atoms with van der Waals surface area (Å²) in [5.74, 6) is 0.716. The van der Waals surface area contributed by atoms with Crippen molar-refractivity contribution in [2.75, 3.05) is 46.9 Å². The number of hydrogen-bond donors (Lipinski definition) is 0. The van der Waals surface area contributed by atoms with Crippen molar-refractivity contribution in [3.05, 3.63) is 15.6 Å². The average Bonchev–Trinajstić information content (AvgIpc) is 3.07. The summed E-state index contributed by atoms with van der Waals surface area (Å²) in [4.78, 5) is 22.0. The molecular formula is C15H23N3O2S. The number of carbonyl (C=O) groups is 1. The fourth-order valence-corrected chi connectivity index (χ4v) is 4.09. The van der Waals surface area contributed by atoms with Crippen LogP contribution in [-0.2, 0) is 17.6 Å². The van der Waals surface area contributed by atoms with E-state index in [1.165, 1.54) is 11.3 Å². The van der Waals surface area contributed by atoms with Crippen molar-refractivity contribution in [2.24, 2.45) is 5.92 Å². The summed E-state index contributed by atoms with van der Waals surface area (Å²) in [5, 5.41) is 0.641. The van der Waals surface area contributed by atoms with Gasteiger partial charge in [-0.2, -0.15) is 0 Å². The molecule has 0 bridgehead atoms. The van der Waals surface area contributed by atoms with Crippen molar-refractivity contribution in [2.45, 2.75) is 19.3 Å². The van der Waals surface area contributed by atoms with E-state index in [0.717, 1.165) is 51.4 Å². The SMILES string of the molecule is CN(C)C(=O)c1nc2c(s1)CCN(C[C@@H]1CCOC1)CC2. The Hall–Kier alpha value is -0.980. The number of thiazole rings is 1. The molecule has 0 aliphatic carbocycles. The number of aromatic nitrogens is 1. The number of carbonyl (C=O) groups excluding carboxylic acids is 1. The van der Waals surface area contributed by atoms with Crippen LogP contribution < -0.4 is 0 Å². The molecule has 5 nitrogen and oxygen atoms in total. The lowest BCUT2D eigenvalue weighted by Gasteiger charge is -2.22. The zero-order valence-electron chi connectivity index (χ0n) is 12.8. The van der Waals surface area contributed by atoms with E-state index in [1.54, 1.807) is 30.3 Å². The van der Waals surface area contributed by atoms with Crippen LogP contribution in [0.25, 0.3) is 0 Å². The Labute approximate surface area is 129 Å². The molecule has 1 atom stereocenters. The Morgan fingerprint density at radius 2 is 2.24 bits per heavy atom. The van der Waals surface area contributed by atoms with Gasteiger partial charge in [-0.25, -0.2) is 4.98 Å². The van der Waals surface area contributed by atoms with Crippen LogP contribution in [0.1, 0.15) is 26.8 Å². The van der Waals surface area contributed by atoms with E-state index in [0.29, 0.717) is 10.9 Å². The lowest BCUT2D eigenvalue weighted by atomic mass is 10.1. The standard InChI is InChI=1S/C15H23N3O2S/c1-17(2)15(19)14-16-12-3-6-18(7-4-13(12)21-14)9-11-5-8-20-10-11/h11H,3-10H2,1-2H3/t11-/m0/s1. The van der Waals surface area contributed by atoms with E-state index in [-0.39, 0.29) is 5.91 Å². The van der Waals surface area contributed by atoms with Crippen molar-refractivity contribution >= 4 is 17.2 Å². The van der Waals surface area contributed by atoms with E-state index < -0.39 is 0 Å². The molecular weight excluding hydrogens is 286 g/mol. The number of fused-ring (bicyclic) bond motifs is 1. The highest BCUT2D eigenvalue weighted by Crippen LogP contribution is 2.24. The van der Waals surface area contributed by atoms with Gasteiger partial charge in [0.15, 0.2) is 5.01 Å². The highest BCUT2D eigenvalue weighted by Gasteiger charge is 2.24. The van der Waals surface area contributed by atoms with Crippen LogP contribution in [0.4, 0.5) is 0 Å². The van der Waals surface area contributed by atoms with Crippen LogP contribution in [0, 0.1) is 5.92 Å². The lowest BCUT2D eigenvalue weighted by Crippen LogP contribution is -2.32. The van der Waals surface area contributed by atoms with Crippen molar-refractivity contribution in [1.82, 2.24) is 14.8 Å². The van der Waals surface area contributed by atoms with Gasteiger partial charge < -0.3 is 14.5 Å². The monoisotopic (exact) mass is 309 g/mol. The summed E-state index contributed by atoms with van der Waals surface area (Å²) in [6.07, 6.45) is 3.17. The average molecular weight is 309 g/mol. The Bertz CT molecular complexity index is 484. The fourth-order valence-electron chi connectivity index (χ4n) is 2.97. The van der Waals surface area contributed by atoms with Crippen LogP contribution >= 0.6 is 11.3 Å². The van der Waals surface area contributed by atoms with Crippen LogP contribution in [0.15, 0.2) is 0 Å². The second-order valence-electron chi connectivity index (χ2n) is 6.12. The first-order chi connectivity index (χ1) is 10.1. The summed E-state index contributed by atoms with van der Waals surface area (Å²) < 4.78 is 5.46. The Balaban J connectivity index is 1.62. The minimum Gasteiger partial charge on any atom is -0.381 e. The normalized spacial score (nSPS) is 22.9. The number of rotatable bonds is 3. The molecule has 0 aromatic carbocycles. The van der Waals surface area contributed by atoms with Crippen LogP contribution in [0.5, 0.6) is 0 Å². The zero-order chi connectivity index (χ0) is 14.8. The van der Waals surface area contributed by atoms with Gasteiger partial charge in [0, 0.05) is 51.6 Å². The molecule has 116 valence electrons. The molecule has 0 spiro atoms. The van der Waals surface area contributed by atoms with Gasteiger partial charge >= 0.3 is 0 Å². The van der Waals surface area contributed by atoms with Gasteiger partial charge in [-0.05, 0) is 18.8 Å². The lowest BCUT2D eigenvalue weighted by molar-refractivity contribution is 0.0827. The summed E-state index contributed by atoms with van der Waals surface area (Å²) in [6.45, 7) is 5.09. The Morgan fingerprint density at radius 1 is 1.43 bits per heavy atom. The van der Waals surface area contributed by atoms with E-state index >= 15 is 0 Å². The topological polar surface area (TPSA) is 45.7 Å². The van der Waals surface area contributed by atoms with E-state index in [4.69, 9.17) is 4.74 Å². The number of hydrogen-bond acceptors (Lipinski definition) is 5. The highest BCUT2D eigenvalue weighted by molar-refractivity contribution is 7.13. The highest BCUT2D eigenvalue weighted by atomic mass is 32.1. The van der Waals surface area contributed by atoms with Crippen molar-refractivity contribution < 1.29 is 9.53 Å². The minimum absolute atomic E-state index is 0.0213. The zero-order valence-corrected chi connectivity index (χ0v) is 13.6. The van der Waals surface area contributed by atoms with E-state index in [2.05, 4.69) is 9.88 Å². The van der Waals surface area contributed by atoms with Crippen LogP contribution in [-0.4, -0.2) is 67.6 Å². The first-order valence-corrected chi connectivity index (χ1v) is 8.45. The summed E-state index contributed by atoms with van der Waals surface area (Å²) >= 11 is 1.58. The molecule has 3 heterocycles. The molecule has 1 aromatic rings. The van der Waals surface area contributed by atoms with E-state index in [1.807, 2.05) is 0 Å². The quantitative estimate of drug-likeness (QED) is 0.844. The third-order valence-electron chi connectivity index (χ3n) is 4.23. The molecule has 1 amide bonds. The number of amides is 1. The fraction of sp³-hybridized carbons (Fsp3) is 0.733. The van der Waals surface area contributed by atoms with Crippen molar-refractivity contribution in [3.63, 3.8) is 0 Å². The predicted molar refractivity (Wildman–Crippen MR) is 82.9 cm³/mol. The second-order valence-corrected chi connectivity index (χ2v) is 7.20. The van der Waals surface area contributed by atoms with Gasteiger partial charge in [0.1, 0.15) is 0 Å². The third kappa shape index (κ3) is 3.44. The molecule has 1 fully saturated rings. The minimum atomic E-state index is 0.0213. The van der Waals surface area contributed by atoms with Crippen LogP contribution in [0.2, 0.25) is 0 Å². The number of nitrogens with zero attached hydrogens (tertiary/aromatic N) is 3. The first kappa shape index (κ1) is 14.9. The van der Waals surface area contributed by atoms with Crippen molar-refractivity contribution in [1.29, 1.82) is 0 Å². The predicted octanol–water partition coefficient (Wildman–Crippen LogP) is 1.28. The molecule has 0 saturated carbocycles. The van der Waals surface area contributed by atoms with Gasteiger partial charge in [-0.1, -0.05) is 0 Å². The third-order valence-corrected chi connectivity index (χ3v) is 5.37. The molecule has 1 aromatic heterocycles. The molecule has 3 rings (SSSR count). The van der Waals surface area contributed by atoms with Gasteiger partial charge in [0.05, 0.1) is 12.3 Å². The summed E-state index contributed by atoms with van der Waals surface area (Å²) in [5.41, 5.74) is 1.13. The molecule has 0 unspecified atom stereocenters. The Morgan fingerprint density at radius 3 is 2.95 bits per heavy atom. The smallest absolute Gasteiger partial charge is 0.282 e. The maximum absolute atomic E-state index is 12.0. The molecule has 1 saturated heterocycles. The number of ether oxygens (including phenoxy) is 1. The van der Waals surface area contributed by atoms with Gasteiger partial charge in [0.2, 0.25) is 0 Å². The first-order valence-electron chi connectivity index (χ1n) is 7.64. The molecule has 2 aliphatic rings. The van der Waals surface area contributed by atoms with Crippen LogP contribution in [0.3, 0.4) is 0 Å². The second kappa shape index (κ2) is 6.42. The van der Waals surface area contributed by atoms with Crippen molar-refractivity contribution in [3.8, 4) is 0 Å². The largest absolute Gasteiger partial charge is 0.381 e. The van der Waals surface area contributed by atoms with Gasteiger partial charge in [-0.3, -0.25) is 4.79 Å². The maximum atomic E-state index is 12.0. The Kier molecular flexibility index (Phi) is 4.57. The summed E-state index contributed by atoms with van der Waals surface area (Å²) in [6, 6.07) is 0. The molecule has 0 N–H and O–H groups in total. The molecule has 21 heavy (non-hydrogen) atoms.